The van der Waals surface area contributed by atoms with E-state index >= 15 is 0 Å². The lowest BCUT2D eigenvalue weighted by molar-refractivity contribution is -0.0452. The van der Waals surface area contributed by atoms with Gasteiger partial charge in [-0.15, -0.1) is 0 Å². The fourth-order valence-electron chi connectivity index (χ4n) is 3.93. The highest BCUT2D eigenvalue weighted by atomic mass is 16.5. The molecule has 3 atom stereocenters. The molecular formula is C15H29NO. The maximum atomic E-state index is 6.16. The zero-order chi connectivity index (χ0) is 12.7. The van der Waals surface area contributed by atoms with Gasteiger partial charge in [0.2, 0.25) is 0 Å². The molecule has 2 nitrogen and oxygen atoms in total. The van der Waals surface area contributed by atoms with E-state index in [1.54, 1.807) is 0 Å². The lowest BCUT2D eigenvalue weighted by Crippen LogP contribution is -2.38. The zero-order valence-corrected chi connectivity index (χ0v) is 12.2. The molecule has 0 radical (unpaired) electrons. The third-order valence-corrected chi connectivity index (χ3v) is 5.69. The van der Waals surface area contributed by atoms with Crippen LogP contribution < -0.4 is 5.32 Å². The molecule has 0 spiro atoms. The summed E-state index contributed by atoms with van der Waals surface area (Å²) in [6.07, 6.45) is 4.54. The summed E-state index contributed by atoms with van der Waals surface area (Å²) in [5.74, 6) is 0.885. The summed E-state index contributed by atoms with van der Waals surface area (Å²) < 4.78 is 6.16. The van der Waals surface area contributed by atoms with Crippen LogP contribution in [0, 0.1) is 16.7 Å². The second-order valence-electron chi connectivity index (χ2n) is 7.08. The minimum atomic E-state index is 0.412. The highest BCUT2D eigenvalue weighted by Crippen LogP contribution is 2.66. The standard InChI is InChI=1S/C15H29NO/c1-11(2)16-8-9-17-13-10-12-6-7-15(13,5)14(12,3)4/h11-13,16H,6-10H2,1-5H3. The third kappa shape index (κ3) is 2.15. The van der Waals surface area contributed by atoms with Gasteiger partial charge >= 0.3 is 0 Å². The van der Waals surface area contributed by atoms with E-state index in [0.29, 0.717) is 23.0 Å². The van der Waals surface area contributed by atoms with Crippen LogP contribution in [0.2, 0.25) is 0 Å². The van der Waals surface area contributed by atoms with Crippen LogP contribution in [0.1, 0.15) is 53.9 Å². The number of fused-ring (bicyclic) bond motifs is 2. The highest BCUT2D eigenvalue weighted by Gasteiger charge is 2.61. The molecule has 0 aromatic heterocycles. The molecule has 1 N–H and O–H groups in total. The van der Waals surface area contributed by atoms with Gasteiger partial charge < -0.3 is 10.1 Å². The first kappa shape index (κ1) is 13.4. The first-order valence-corrected chi connectivity index (χ1v) is 7.23. The fourth-order valence-corrected chi connectivity index (χ4v) is 3.93. The molecule has 17 heavy (non-hydrogen) atoms. The zero-order valence-electron chi connectivity index (χ0n) is 12.2. The van der Waals surface area contributed by atoms with Crippen LogP contribution in [-0.2, 0) is 4.74 Å². The summed E-state index contributed by atoms with van der Waals surface area (Å²) in [6.45, 7) is 13.5. The van der Waals surface area contributed by atoms with Crippen LogP contribution in [0.5, 0.6) is 0 Å². The first-order chi connectivity index (χ1) is 7.88. The van der Waals surface area contributed by atoms with Gasteiger partial charge in [0.1, 0.15) is 0 Å². The Bertz CT molecular complexity index is 274. The summed E-state index contributed by atoms with van der Waals surface area (Å²) in [4.78, 5) is 0. The Kier molecular flexibility index (Phi) is 3.57. The van der Waals surface area contributed by atoms with Gasteiger partial charge in [0.25, 0.3) is 0 Å². The number of rotatable bonds is 5. The predicted octanol–water partition coefficient (Wildman–Crippen LogP) is 3.22. The third-order valence-electron chi connectivity index (χ3n) is 5.69. The Hall–Kier alpha value is -0.0800. The normalized spacial score (nSPS) is 39.2. The number of nitrogens with one attached hydrogen (secondary N) is 1. The quantitative estimate of drug-likeness (QED) is 0.744. The number of hydrogen-bond donors (Lipinski definition) is 1. The first-order valence-electron chi connectivity index (χ1n) is 7.23. The van der Waals surface area contributed by atoms with Gasteiger partial charge in [-0.2, -0.15) is 0 Å². The maximum Gasteiger partial charge on any atom is 0.0637 e. The van der Waals surface area contributed by atoms with Gasteiger partial charge in [-0.25, -0.2) is 0 Å². The van der Waals surface area contributed by atoms with Gasteiger partial charge in [0.05, 0.1) is 12.7 Å². The molecule has 3 unspecified atom stereocenters. The average Bonchev–Trinajstić information content (AvgIpc) is 2.56. The number of ether oxygens (including phenoxy) is 1. The molecule has 2 aliphatic carbocycles. The van der Waals surface area contributed by atoms with Crippen molar-refractivity contribution in [3.8, 4) is 0 Å². The van der Waals surface area contributed by atoms with E-state index in [2.05, 4.69) is 39.9 Å². The molecule has 0 aromatic rings. The molecule has 2 fully saturated rings. The van der Waals surface area contributed by atoms with Crippen molar-refractivity contribution in [3.05, 3.63) is 0 Å². The lowest BCUT2D eigenvalue weighted by Gasteiger charge is -2.39. The van der Waals surface area contributed by atoms with Crippen molar-refractivity contribution in [3.63, 3.8) is 0 Å². The second kappa shape index (κ2) is 4.55. The number of hydrogen-bond acceptors (Lipinski definition) is 2. The van der Waals surface area contributed by atoms with Crippen molar-refractivity contribution >= 4 is 0 Å². The van der Waals surface area contributed by atoms with E-state index in [9.17, 15) is 0 Å². The molecule has 0 aliphatic heterocycles. The summed E-state index contributed by atoms with van der Waals surface area (Å²) in [5.41, 5.74) is 0.888. The van der Waals surface area contributed by atoms with Crippen molar-refractivity contribution in [1.82, 2.24) is 5.32 Å². The largest absolute Gasteiger partial charge is 0.376 e. The van der Waals surface area contributed by atoms with Crippen molar-refractivity contribution in [2.75, 3.05) is 13.2 Å². The van der Waals surface area contributed by atoms with E-state index in [0.717, 1.165) is 19.1 Å². The van der Waals surface area contributed by atoms with Crippen LogP contribution in [0.15, 0.2) is 0 Å². The highest BCUT2D eigenvalue weighted by molar-refractivity contribution is 5.11. The molecule has 2 heteroatoms. The van der Waals surface area contributed by atoms with E-state index in [-0.39, 0.29) is 0 Å². The molecule has 2 saturated carbocycles. The second-order valence-corrected chi connectivity index (χ2v) is 7.08. The molecule has 0 heterocycles. The van der Waals surface area contributed by atoms with E-state index in [1.807, 2.05) is 0 Å². The fraction of sp³-hybridized carbons (Fsp3) is 1.00. The van der Waals surface area contributed by atoms with Gasteiger partial charge in [0.15, 0.2) is 0 Å². The topological polar surface area (TPSA) is 21.3 Å². The Labute approximate surface area is 107 Å². The molecule has 0 amide bonds. The summed E-state index contributed by atoms with van der Waals surface area (Å²) in [5, 5.41) is 3.42. The molecule has 0 aromatic carbocycles. The van der Waals surface area contributed by atoms with Crippen LogP contribution in [0.4, 0.5) is 0 Å². The Morgan fingerprint density at radius 1 is 1.29 bits per heavy atom. The van der Waals surface area contributed by atoms with E-state index in [4.69, 9.17) is 4.74 Å². The maximum absolute atomic E-state index is 6.16. The molecule has 100 valence electrons. The van der Waals surface area contributed by atoms with Gasteiger partial charge in [-0.3, -0.25) is 0 Å². The van der Waals surface area contributed by atoms with Gasteiger partial charge in [0, 0.05) is 12.6 Å². The van der Waals surface area contributed by atoms with Crippen molar-refractivity contribution < 1.29 is 4.74 Å². The molecule has 0 saturated heterocycles. The summed E-state index contributed by atoms with van der Waals surface area (Å²) >= 11 is 0. The summed E-state index contributed by atoms with van der Waals surface area (Å²) in [6, 6.07) is 0.561. The van der Waals surface area contributed by atoms with E-state index < -0.39 is 0 Å². The van der Waals surface area contributed by atoms with E-state index in [1.165, 1.54) is 19.3 Å². The Morgan fingerprint density at radius 2 is 2.00 bits per heavy atom. The minimum absolute atomic E-state index is 0.412. The Morgan fingerprint density at radius 3 is 2.47 bits per heavy atom. The summed E-state index contributed by atoms with van der Waals surface area (Å²) in [7, 11) is 0. The monoisotopic (exact) mass is 239 g/mol. The average molecular weight is 239 g/mol. The van der Waals surface area contributed by atoms with Gasteiger partial charge in [-0.05, 0) is 36.0 Å². The van der Waals surface area contributed by atoms with Crippen LogP contribution in [0.3, 0.4) is 0 Å². The van der Waals surface area contributed by atoms with Gasteiger partial charge in [-0.1, -0.05) is 34.6 Å². The predicted molar refractivity (Wildman–Crippen MR) is 72.1 cm³/mol. The van der Waals surface area contributed by atoms with Crippen molar-refractivity contribution in [1.29, 1.82) is 0 Å². The Balaban J connectivity index is 1.84. The minimum Gasteiger partial charge on any atom is -0.376 e. The SMILES string of the molecule is CC(C)NCCOC1CC2CCC1(C)C2(C)C. The molecule has 2 bridgehead atoms. The molecule has 2 rings (SSSR count). The molecule has 2 aliphatic rings. The van der Waals surface area contributed by atoms with Crippen molar-refractivity contribution in [2.45, 2.75) is 66.0 Å². The molecular weight excluding hydrogens is 210 g/mol. The van der Waals surface area contributed by atoms with Crippen LogP contribution in [0.25, 0.3) is 0 Å². The van der Waals surface area contributed by atoms with Crippen molar-refractivity contribution in [2.24, 2.45) is 16.7 Å². The van der Waals surface area contributed by atoms with Crippen LogP contribution in [-0.4, -0.2) is 25.3 Å². The smallest absolute Gasteiger partial charge is 0.0637 e. The van der Waals surface area contributed by atoms with Crippen LogP contribution >= 0.6 is 0 Å². The lowest BCUT2D eigenvalue weighted by atomic mass is 9.70.